The molecule has 206 valence electrons. The first kappa shape index (κ1) is 26.3. The third-order valence-electron chi connectivity index (χ3n) is 8.89. The molecule has 1 N–H and O–H groups in total. The van der Waals surface area contributed by atoms with E-state index in [4.69, 9.17) is 21.6 Å². The monoisotopic (exact) mass is 549 g/mol. The van der Waals surface area contributed by atoms with Crippen molar-refractivity contribution in [2.24, 2.45) is 17.8 Å². The number of nitrogens with zero attached hydrogens (tertiary/aromatic N) is 6. The van der Waals surface area contributed by atoms with E-state index in [0.717, 1.165) is 76.9 Å². The lowest BCUT2D eigenvalue weighted by Gasteiger charge is -2.36. The number of amides is 1. The standard InChI is InChI=1S/C29H36ClN7O2/c30-26-15-24(2-1-21(26)16-31)39-25-13-22-18-37(19-23(22)14-25)29(38)27-3-4-28(34-33-27)36-9-5-20(6-10-36)17-35-11-7-32-8-12-35/h1-4,15,20,22-23,25,32H,5-14,17-19H2/t22-,23+,25?. The Morgan fingerprint density at radius 3 is 2.44 bits per heavy atom. The number of aromatic nitrogens is 2. The van der Waals surface area contributed by atoms with Crippen LogP contribution in [0.3, 0.4) is 0 Å². The number of carbonyl (C=O) groups is 1. The van der Waals surface area contributed by atoms with Gasteiger partial charge in [-0.1, -0.05) is 11.6 Å². The summed E-state index contributed by atoms with van der Waals surface area (Å²) in [7, 11) is 0. The molecule has 4 heterocycles. The highest BCUT2D eigenvalue weighted by Crippen LogP contribution is 2.40. The van der Waals surface area contributed by atoms with E-state index in [1.807, 2.05) is 17.0 Å². The minimum absolute atomic E-state index is 0.0329. The molecule has 2 aromatic rings. The molecule has 9 nitrogen and oxygen atoms in total. The van der Waals surface area contributed by atoms with Crippen molar-refractivity contribution >= 4 is 23.3 Å². The molecule has 6 rings (SSSR count). The van der Waals surface area contributed by atoms with Crippen LogP contribution in [0, 0.1) is 29.1 Å². The number of hydrogen-bond donors (Lipinski definition) is 1. The number of piperazine rings is 1. The van der Waals surface area contributed by atoms with E-state index in [0.29, 0.717) is 33.9 Å². The lowest BCUT2D eigenvalue weighted by atomic mass is 9.96. The molecule has 4 aliphatic rings. The second-order valence-electron chi connectivity index (χ2n) is 11.5. The van der Waals surface area contributed by atoms with Crippen LogP contribution in [-0.2, 0) is 0 Å². The summed E-state index contributed by atoms with van der Waals surface area (Å²) in [6.07, 6.45) is 4.25. The molecule has 39 heavy (non-hydrogen) atoms. The van der Waals surface area contributed by atoms with Gasteiger partial charge in [-0.05, 0) is 67.7 Å². The Labute approximate surface area is 235 Å². The van der Waals surface area contributed by atoms with Crippen molar-refractivity contribution < 1.29 is 9.53 Å². The molecule has 1 saturated carbocycles. The number of halogens is 1. The van der Waals surface area contributed by atoms with E-state index in [9.17, 15) is 4.79 Å². The first-order valence-electron chi connectivity index (χ1n) is 14.2. The van der Waals surface area contributed by atoms with Crippen LogP contribution >= 0.6 is 11.6 Å². The molecule has 3 saturated heterocycles. The van der Waals surface area contributed by atoms with Gasteiger partial charge in [-0.15, -0.1) is 10.2 Å². The Kier molecular flexibility index (Phi) is 7.87. The van der Waals surface area contributed by atoms with E-state index in [1.54, 1.807) is 18.2 Å². The minimum atomic E-state index is -0.0329. The van der Waals surface area contributed by atoms with E-state index >= 15 is 0 Å². The number of rotatable bonds is 6. The summed E-state index contributed by atoms with van der Waals surface area (Å²) in [4.78, 5) is 20.0. The zero-order valence-electron chi connectivity index (χ0n) is 22.3. The van der Waals surface area contributed by atoms with Gasteiger partial charge in [-0.3, -0.25) is 4.79 Å². The van der Waals surface area contributed by atoms with Crippen LogP contribution in [-0.4, -0.2) is 90.9 Å². The SMILES string of the molecule is N#Cc1ccc(OC2C[C@@H]3CN(C(=O)c4ccc(N5CCC(CN6CCNCC6)CC5)nn4)C[C@@H]3C2)cc1Cl. The molecule has 1 aromatic heterocycles. The Bertz CT molecular complexity index is 1190. The van der Waals surface area contributed by atoms with Crippen molar-refractivity contribution in [2.45, 2.75) is 31.8 Å². The molecular weight excluding hydrogens is 514 g/mol. The Morgan fingerprint density at radius 1 is 1.05 bits per heavy atom. The fourth-order valence-electron chi connectivity index (χ4n) is 6.73. The summed E-state index contributed by atoms with van der Waals surface area (Å²) >= 11 is 6.15. The number of nitriles is 1. The first-order chi connectivity index (χ1) is 19.1. The van der Waals surface area contributed by atoms with E-state index in [1.165, 1.54) is 19.4 Å². The second kappa shape index (κ2) is 11.7. The molecule has 3 atom stereocenters. The number of benzene rings is 1. The molecule has 10 heteroatoms. The molecule has 0 bridgehead atoms. The highest BCUT2D eigenvalue weighted by atomic mass is 35.5. The van der Waals surface area contributed by atoms with Crippen LogP contribution in [0.1, 0.15) is 41.7 Å². The smallest absolute Gasteiger partial charge is 0.274 e. The van der Waals surface area contributed by atoms with Gasteiger partial charge >= 0.3 is 0 Å². The summed E-state index contributed by atoms with van der Waals surface area (Å²) in [6.45, 7) is 9.14. The summed E-state index contributed by atoms with van der Waals surface area (Å²) in [5.74, 6) is 3.11. The molecule has 0 radical (unpaired) electrons. The fourth-order valence-corrected chi connectivity index (χ4v) is 6.94. The van der Waals surface area contributed by atoms with Crippen molar-refractivity contribution in [1.82, 2.24) is 25.3 Å². The summed E-state index contributed by atoms with van der Waals surface area (Å²) in [5, 5.41) is 21.7. The highest BCUT2D eigenvalue weighted by Gasteiger charge is 2.43. The number of ether oxygens (including phenoxy) is 1. The first-order valence-corrected chi connectivity index (χ1v) is 14.6. The normalized spacial score (nSPS) is 25.9. The third-order valence-corrected chi connectivity index (χ3v) is 9.21. The van der Waals surface area contributed by atoms with E-state index < -0.39 is 0 Å². The number of piperidine rings is 1. The van der Waals surface area contributed by atoms with Gasteiger partial charge in [-0.2, -0.15) is 5.26 Å². The molecular formula is C29H36ClN7O2. The number of carbonyl (C=O) groups excluding carboxylic acids is 1. The molecule has 1 aliphatic carbocycles. The number of likely N-dealkylation sites (tertiary alicyclic amines) is 1. The number of hydrogen-bond acceptors (Lipinski definition) is 8. The number of fused-ring (bicyclic) bond motifs is 1. The van der Waals surface area contributed by atoms with E-state index in [2.05, 4.69) is 31.4 Å². The van der Waals surface area contributed by atoms with Gasteiger partial charge < -0.3 is 24.8 Å². The van der Waals surface area contributed by atoms with Gasteiger partial charge in [0.05, 0.1) is 16.7 Å². The quantitative estimate of drug-likeness (QED) is 0.587. The van der Waals surface area contributed by atoms with E-state index in [-0.39, 0.29) is 12.0 Å². The summed E-state index contributed by atoms with van der Waals surface area (Å²) in [6, 6.07) is 11.1. The Morgan fingerprint density at radius 2 is 1.79 bits per heavy atom. The lowest BCUT2D eigenvalue weighted by Crippen LogP contribution is -2.47. The predicted molar refractivity (Wildman–Crippen MR) is 149 cm³/mol. The van der Waals surface area contributed by atoms with Crippen molar-refractivity contribution in [1.29, 1.82) is 5.26 Å². The topological polar surface area (TPSA) is 97.6 Å². The van der Waals surface area contributed by atoms with Crippen molar-refractivity contribution in [3.63, 3.8) is 0 Å². The number of nitrogens with one attached hydrogen (secondary N) is 1. The van der Waals surface area contributed by atoms with Gasteiger partial charge in [0.2, 0.25) is 0 Å². The largest absolute Gasteiger partial charge is 0.490 e. The summed E-state index contributed by atoms with van der Waals surface area (Å²) in [5.41, 5.74) is 0.871. The third kappa shape index (κ3) is 5.98. The van der Waals surface area contributed by atoms with Crippen LogP contribution in [0.25, 0.3) is 0 Å². The maximum atomic E-state index is 13.2. The Hall–Kier alpha value is -2.93. The molecule has 3 aliphatic heterocycles. The van der Waals surface area contributed by atoms with Crippen LogP contribution < -0.4 is 15.0 Å². The zero-order chi connectivity index (χ0) is 26.8. The van der Waals surface area contributed by atoms with Crippen molar-refractivity contribution in [2.75, 3.05) is 63.8 Å². The van der Waals surface area contributed by atoms with Crippen molar-refractivity contribution in [3.8, 4) is 11.8 Å². The lowest BCUT2D eigenvalue weighted by molar-refractivity contribution is 0.0763. The maximum absolute atomic E-state index is 13.2. The minimum Gasteiger partial charge on any atom is -0.490 e. The van der Waals surface area contributed by atoms with Crippen LogP contribution in [0.2, 0.25) is 5.02 Å². The average molecular weight is 550 g/mol. The van der Waals surface area contributed by atoms with Gasteiger partial charge in [-0.25, -0.2) is 0 Å². The molecule has 1 aromatic carbocycles. The molecule has 4 fully saturated rings. The second-order valence-corrected chi connectivity index (χ2v) is 11.9. The molecule has 1 amide bonds. The van der Waals surface area contributed by atoms with Gasteiger partial charge in [0, 0.05) is 65.0 Å². The predicted octanol–water partition coefficient (Wildman–Crippen LogP) is 3.05. The van der Waals surface area contributed by atoms with Gasteiger partial charge in [0.1, 0.15) is 11.8 Å². The highest BCUT2D eigenvalue weighted by molar-refractivity contribution is 6.31. The average Bonchev–Trinajstić information content (AvgIpc) is 3.53. The number of anilines is 1. The van der Waals surface area contributed by atoms with Gasteiger partial charge in [0.25, 0.3) is 5.91 Å². The molecule has 0 spiro atoms. The molecule has 1 unspecified atom stereocenters. The Balaban J connectivity index is 0.970. The van der Waals surface area contributed by atoms with Crippen LogP contribution in [0.4, 0.5) is 5.82 Å². The van der Waals surface area contributed by atoms with Gasteiger partial charge in [0.15, 0.2) is 11.5 Å². The maximum Gasteiger partial charge on any atom is 0.274 e. The van der Waals surface area contributed by atoms with Crippen LogP contribution in [0.5, 0.6) is 5.75 Å². The fraction of sp³-hybridized carbons (Fsp3) is 0.586. The van der Waals surface area contributed by atoms with Crippen LogP contribution in [0.15, 0.2) is 30.3 Å². The van der Waals surface area contributed by atoms with Crippen molar-refractivity contribution in [3.05, 3.63) is 46.6 Å². The summed E-state index contributed by atoms with van der Waals surface area (Å²) < 4.78 is 6.16. The zero-order valence-corrected chi connectivity index (χ0v) is 23.0.